The topological polar surface area (TPSA) is 53.8 Å². The average molecular weight is 352 g/mol. The monoisotopic (exact) mass is 352 g/mol. The molecule has 1 aromatic heterocycles. The standard InChI is InChI=1S/C21H24N2O3/c24-19(18-9-6-16-26-18)22-12-14-23(15-13-22)20(25)21(10-4-5-11-21)17-7-2-1-3-8-17/h1-3,6-9,16H,4-5,10-15H2. The highest BCUT2D eigenvalue weighted by Gasteiger charge is 2.45. The van der Waals surface area contributed by atoms with E-state index in [1.807, 2.05) is 23.1 Å². The fourth-order valence-electron chi connectivity index (χ4n) is 4.33. The molecule has 0 bridgehead atoms. The van der Waals surface area contributed by atoms with Crippen molar-refractivity contribution in [1.82, 2.24) is 9.80 Å². The molecule has 1 saturated heterocycles. The highest BCUT2D eigenvalue weighted by atomic mass is 16.3. The van der Waals surface area contributed by atoms with Crippen LogP contribution in [0.1, 0.15) is 41.8 Å². The van der Waals surface area contributed by atoms with Crippen molar-refractivity contribution in [3.05, 3.63) is 60.1 Å². The number of hydrogen-bond acceptors (Lipinski definition) is 3. The second-order valence-electron chi connectivity index (χ2n) is 7.22. The molecule has 0 atom stereocenters. The molecular formula is C21H24N2O3. The molecule has 2 aromatic rings. The van der Waals surface area contributed by atoms with Crippen molar-refractivity contribution < 1.29 is 14.0 Å². The average Bonchev–Trinajstić information content (AvgIpc) is 3.40. The van der Waals surface area contributed by atoms with Crippen LogP contribution in [0, 0.1) is 0 Å². The number of hydrogen-bond donors (Lipinski definition) is 0. The van der Waals surface area contributed by atoms with Gasteiger partial charge in [0.25, 0.3) is 5.91 Å². The zero-order valence-electron chi connectivity index (χ0n) is 14.9. The lowest BCUT2D eigenvalue weighted by atomic mass is 9.77. The Morgan fingerprint density at radius 2 is 1.50 bits per heavy atom. The van der Waals surface area contributed by atoms with Crippen molar-refractivity contribution in [1.29, 1.82) is 0 Å². The third-order valence-electron chi connectivity index (χ3n) is 5.78. The predicted molar refractivity (Wildman–Crippen MR) is 97.8 cm³/mol. The lowest BCUT2D eigenvalue weighted by Gasteiger charge is -2.40. The molecule has 1 aromatic carbocycles. The van der Waals surface area contributed by atoms with Crippen molar-refractivity contribution >= 4 is 11.8 Å². The number of nitrogens with zero attached hydrogens (tertiary/aromatic N) is 2. The number of furan rings is 1. The van der Waals surface area contributed by atoms with Gasteiger partial charge >= 0.3 is 0 Å². The number of benzene rings is 1. The van der Waals surface area contributed by atoms with Gasteiger partial charge in [0.15, 0.2) is 5.76 Å². The largest absolute Gasteiger partial charge is 0.459 e. The molecule has 5 heteroatoms. The van der Waals surface area contributed by atoms with E-state index in [-0.39, 0.29) is 17.2 Å². The van der Waals surface area contributed by atoms with Crippen molar-refractivity contribution in [2.24, 2.45) is 0 Å². The summed E-state index contributed by atoms with van der Waals surface area (Å²) < 4.78 is 5.21. The van der Waals surface area contributed by atoms with Crippen LogP contribution in [-0.4, -0.2) is 47.8 Å². The van der Waals surface area contributed by atoms with Crippen molar-refractivity contribution in [3.63, 3.8) is 0 Å². The van der Waals surface area contributed by atoms with E-state index in [0.717, 1.165) is 31.2 Å². The van der Waals surface area contributed by atoms with Crippen LogP contribution >= 0.6 is 0 Å². The van der Waals surface area contributed by atoms with Gasteiger partial charge < -0.3 is 14.2 Å². The van der Waals surface area contributed by atoms with E-state index in [9.17, 15) is 9.59 Å². The lowest BCUT2D eigenvalue weighted by molar-refractivity contribution is -0.138. The molecule has 2 fully saturated rings. The van der Waals surface area contributed by atoms with Gasteiger partial charge in [0.2, 0.25) is 5.91 Å². The molecule has 2 amide bonds. The van der Waals surface area contributed by atoms with Crippen LogP contribution in [0.2, 0.25) is 0 Å². The minimum absolute atomic E-state index is 0.0965. The molecule has 0 radical (unpaired) electrons. The molecule has 26 heavy (non-hydrogen) atoms. The van der Waals surface area contributed by atoms with Gasteiger partial charge in [-0.1, -0.05) is 43.2 Å². The third-order valence-corrected chi connectivity index (χ3v) is 5.78. The molecule has 4 rings (SSSR count). The molecule has 0 unspecified atom stereocenters. The van der Waals surface area contributed by atoms with Crippen LogP contribution in [0.25, 0.3) is 0 Å². The van der Waals surface area contributed by atoms with Crippen LogP contribution in [0.15, 0.2) is 53.1 Å². The summed E-state index contributed by atoms with van der Waals surface area (Å²) in [6, 6.07) is 13.6. The Bertz CT molecular complexity index is 756. The first-order chi connectivity index (χ1) is 12.7. The molecule has 2 heterocycles. The van der Waals surface area contributed by atoms with Gasteiger partial charge in [-0.3, -0.25) is 9.59 Å². The second-order valence-corrected chi connectivity index (χ2v) is 7.22. The van der Waals surface area contributed by atoms with Gasteiger partial charge in [0.05, 0.1) is 11.7 Å². The highest BCUT2D eigenvalue weighted by Crippen LogP contribution is 2.42. The van der Waals surface area contributed by atoms with Gasteiger partial charge in [-0.25, -0.2) is 0 Å². The first-order valence-corrected chi connectivity index (χ1v) is 9.38. The molecular weight excluding hydrogens is 328 g/mol. The normalized spacial score (nSPS) is 19.5. The summed E-state index contributed by atoms with van der Waals surface area (Å²) in [4.78, 5) is 29.6. The summed E-state index contributed by atoms with van der Waals surface area (Å²) in [7, 11) is 0. The van der Waals surface area contributed by atoms with E-state index in [4.69, 9.17) is 4.42 Å². The van der Waals surface area contributed by atoms with E-state index >= 15 is 0 Å². The Morgan fingerprint density at radius 3 is 2.12 bits per heavy atom. The smallest absolute Gasteiger partial charge is 0.289 e. The molecule has 2 aliphatic rings. The molecule has 1 saturated carbocycles. The fourth-order valence-corrected chi connectivity index (χ4v) is 4.33. The van der Waals surface area contributed by atoms with Crippen LogP contribution < -0.4 is 0 Å². The van der Waals surface area contributed by atoms with Gasteiger partial charge in [-0.2, -0.15) is 0 Å². The summed E-state index contributed by atoms with van der Waals surface area (Å²) in [6.45, 7) is 2.27. The summed E-state index contributed by atoms with van der Waals surface area (Å²) in [5.74, 6) is 0.494. The number of amides is 2. The van der Waals surface area contributed by atoms with Gasteiger partial charge in [0, 0.05) is 26.2 Å². The molecule has 0 N–H and O–H groups in total. The van der Waals surface area contributed by atoms with Crippen LogP contribution in [0.5, 0.6) is 0 Å². The maximum atomic E-state index is 13.4. The van der Waals surface area contributed by atoms with Crippen molar-refractivity contribution in [2.45, 2.75) is 31.1 Å². The Kier molecular flexibility index (Phi) is 4.53. The zero-order valence-corrected chi connectivity index (χ0v) is 14.9. The van der Waals surface area contributed by atoms with Crippen molar-refractivity contribution in [3.8, 4) is 0 Å². The number of rotatable bonds is 3. The number of carbonyl (C=O) groups excluding carboxylic acids is 2. The third kappa shape index (κ3) is 2.91. The molecule has 1 aliphatic heterocycles. The van der Waals surface area contributed by atoms with E-state index in [1.165, 1.54) is 6.26 Å². The Hall–Kier alpha value is -2.56. The lowest BCUT2D eigenvalue weighted by Crippen LogP contribution is -2.55. The first-order valence-electron chi connectivity index (χ1n) is 9.38. The fraction of sp³-hybridized carbons (Fsp3) is 0.429. The quantitative estimate of drug-likeness (QED) is 0.853. The number of carbonyl (C=O) groups is 2. The number of piperazine rings is 1. The Labute approximate surface area is 153 Å². The highest BCUT2D eigenvalue weighted by molar-refractivity contribution is 5.92. The van der Waals surface area contributed by atoms with E-state index in [1.54, 1.807) is 17.0 Å². The van der Waals surface area contributed by atoms with Crippen LogP contribution in [0.4, 0.5) is 0 Å². The summed E-state index contributed by atoms with van der Waals surface area (Å²) in [5.41, 5.74) is 0.755. The van der Waals surface area contributed by atoms with E-state index in [2.05, 4.69) is 12.1 Å². The minimum atomic E-state index is -0.381. The van der Waals surface area contributed by atoms with Crippen LogP contribution in [0.3, 0.4) is 0 Å². The van der Waals surface area contributed by atoms with Crippen LogP contribution in [-0.2, 0) is 10.2 Å². The summed E-state index contributed by atoms with van der Waals surface area (Å²) in [5, 5.41) is 0. The Balaban J connectivity index is 1.47. The predicted octanol–water partition coefficient (Wildman–Crippen LogP) is 3.08. The van der Waals surface area contributed by atoms with Gasteiger partial charge in [-0.15, -0.1) is 0 Å². The van der Waals surface area contributed by atoms with Gasteiger partial charge in [-0.05, 0) is 30.5 Å². The first kappa shape index (κ1) is 16.9. The molecule has 136 valence electrons. The summed E-state index contributed by atoms with van der Waals surface area (Å²) in [6.07, 6.45) is 5.54. The molecule has 0 spiro atoms. The maximum absolute atomic E-state index is 13.4. The summed E-state index contributed by atoms with van der Waals surface area (Å²) >= 11 is 0. The van der Waals surface area contributed by atoms with Gasteiger partial charge in [0.1, 0.15) is 0 Å². The molecule has 1 aliphatic carbocycles. The SMILES string of the molecule is O=C(c1ccco1)N1CCN(C(=O)C2(c3ccccc3)CCCC2)CC1. The van der Waals surface area contributed by atoms with E-state index < -0.39 is 0 Å². The van der Waals surface area contributed by atoms with Crippen molar-refractivity contribution in [2.75, 3.05) is 26.2 Å². The minimum Gasteiger partial charge on any atom is -0.459 e. The maximum Gasteiger partial charge on any atom is 0.289 e. The van der Waals surface area contributed by atoms with E-state index in [0.29, 0.717) is 31.9 Å². The second kappa shape index (κ2) is 6.98. The molecule has 5 nitrogen and oxygen atoms in total. The zero-order chi connectivity index (χ0) is 18.0. The Morgan fingerprint density at radius 1 is 0.846 bits per heavy atom.